The van der Waals surface area contributed by atoms with Crippen LogP contribution < -0.4 is 10.1 Å². The van der Waals surface area contributed by atoms with Gasteiger partial charge in [0.25, 0.3) is 0 Å². The van der Waals surface area contributed by atoms with Crippen molar-refractivity contribution in [1.82, 2.24) is 10.2 Å². The highest BCUT2D eigenvalue weighted by molar-refractivity contribution is 5.77. The molecule has 1 aromatic rings. The van der Waals surface area contributed by atoms with Crippen LogP contribution in [0.25, 0.3) is 0 Å². The van der Waals surface area contributed by atoms with Crippen molar-refractivity contribution in [3.05, 3.63) is 30.1 Å². The first kappa shape index (κ1) is 19.6. The molecule has 2 atom stereocenters. The van der Waals surface area contributed by atoms with E-state index in [1.165, 1.54) is 19.2 Å². The van der Waals surface area contributed by atoms with Crippen molar-refractivity contribution in [2.24, 2.45) is 0 Å². The van der Waals surface area contributed by atoms with Gasteiger partial charge in [0.2, 0.25) is 5.91 Å². The number of halogens is 1. The van der Waals surface area contributed by atoms with Crippen LogP contribution in [0.4, 0.5) is 4.39 Å². The number of nitrogens with one attached hydrogen (secondary N) is 1. The number of likely N-dealkylation sites (tertiary alicyclic amines) is 1. The molecule has 0 saturated carbocycles. The van der Waals surface area contributed by atoms with Gasteiger partial charge < -0.3 is 25.0 Å². The second kappa shape index (κ2) is 9.10. The van der Waals surface area contributed by atoms with Gasteiger partial charge in [0.1, 0.15) is 30.4 Å². The summed E-state index contributed by atoms with van der Waals surface area (Å²) >= 11 is 0. The lowest BCUT2D eigenvalue weighted by Gasteiger charge is -2.42. The van der Waals surface area contributed by atoms with Crippen LogP contribution in [-0.4, -0.2) is 79.2 Å². The minimum atomic E-state index is -1.35. The van der Waals surface area contributed by atoms with Crippen LogP contribution in [-0.2, 0) is 9.53 Å². The zero-order chi connectivity index (χ0) is 18.3. The van der Waals surface area contributed by atoms with E-state index in [0.29, 0.717) is 31.9 Å². The van der Waals surface area contributed by atoms with Crippen molar-refractivity contribution in [2.45, 2.75) is 18.1 Å². The molecule has 1 aliphatic heterocycles. The van der Waals surface area contributed by atoms with Gasteiger partial charge in [-0.25, -0.2) is 4.39 Å². The molecule has 0 radical (unpaired) electrons. The van der Waals surface area contributed by atoms with E-state index in [4.69, 9.17) is 9.47 Å². The van der Waals surface area contributed by atoms with Crippen LogP contribution in [0.1, 0.15) is 6.42 Å². The fraction of sp³-hybridized carbons (Fsp3) is 0.588. The van der Waals surface area contributed by atoms with Gasteiger partial charge in [0, 0.05) is 33.3 Å². The summed E-state index contributed by atoms with van der Waals surface area (Å²) in [5.41, 5.74) is -1.35. The highest BCUT2D eigenvalue weighted by Gasteiger charge is 2.40. The number of benzene rings is 1. The number of aliphatic hydroxyl groups is 2. The van der Waals surface area contributed by atoms with Crippen molar-refractivity contribution in [3.8, 4) is 5.75 Å². The van der Waals surface area contributed by atoms with E-state index in [-0.39, 0.29) is 31.4 Å². The molecule has 25 heavy (non-hydrogen) atoms. The molecule has 0 spiro atoms. The summed E-state index contributed by atoms with van der Waals surface area (Å²) in [4.78, 5) is 13.4. The highest BCUT2D eigenvalue weighted by Crippen LogP contribution is 2.22. The Hall–Kier alpha value is -1.74. The molecule has 0 bridgehead atoms. The number of amides is 1. The zero-order valence-corrected chi connectivity index (χ0v) is 14.3. The van der Waals surface area contributed by atoms with Gasteiger partial charge in [-0.3, -0.25) is 9.69 Å². The third kappa shape index (κ3) is 5.93. The molecule has 140 valence electrons. The number of carbonyl (C=O) groups is 1. The smallest absolute Gasteiger partial charge is 0.246 e. The number of nitrogens with zero attached hydrogens (tertiary/aromatic N) is 1. The fourth-order valence-electron chi connectivity index (χ4n) is 2.69. The maximum Gasteiger partial charge on any atom is 0.246 e. The van der Waals surface area contributed by atoms with Gasteiger partial charge in [-0.15, -0.1) is 0 Å². The predicted octanol–water partition coefficient (Wildman–Crippen LogP) is -0.235. The summed E-state index contributed by atoms with van der Waals surface area (Å²) in [6.45, 7) is 1.71. The van der Waals surface area contributed by atoms with E-state index in [9.17, 15) is 19.4 Å². The summed E-state index contributed by atoms with van der Waals surface area (Å²) < 4.78 is 23.1. The molecule has 3 N–H and O–H groups in total. The first-order valence-electron chi connectivity index (χ1n) is 8.20. The van der Waals surface area contributed by atoms with Crippen molar-refractivity contribution in [1.29, 1.82) is 0 Å². The van der Waals surface area contributed by atoms with E-state index in [1.807, 2.05) is 4.90 Å². The molecular weight excluding hydrogens is 331 g/mol. The summed E-state index contributed by atoms with van der Waals surface area (Å²) in [5, 5.41) is 23.3. The van der Waals surface area contributed by atoms with Crippen molar-refractivity contribution >= 4 is 5.91 Å². The summed E-state index contributed by atoms with van der Waals surface area (Å²) in [6, 6.07) is 5.78. The molecule has 0 aliphatic carbocycles. The Balaban J connectivity index is 1.72. The number of β-amino-alcohol motifs (C(OH)–C–C–N with tert-alkyl or cyclic N) is 1. The number of carbonyl (C=O) groups excluding carboxylic acids is 1. The molecule has 7 nitrogen and oxygen atoms in total. The Labute approximate surface area is 146 Å². The first-order chi connectivity index (χ1) is 11.9. The third-order valence-electron chi connectivity index (χ3n) is 4.27. The van der Waals surface area contributed by atoms with Gasteiger partial charge >= 0.3 is 0 Å². The molecule has 1 amide bonds. The minimum absolute atomic E-state index is 0.0176. The Bertz CT molecular complexity index is 556. The predicted molar refractivity (Wildman–Crippen MR) is 88.8 cm³/mol. The number of hydrogen-bond donors (Lipinski definition) is 3. The Morgan fingerprint density at radius 1 is 1.44 bits per heavy atom. The topological polar surface area (TPSA) is 91.3 Å². The lowest BCUT2D eigenvalue weighted by molar-refractivity contribution is -0.134. The van der Waals surface area contributed by atoms with Gasteiger partial charge in [0.15, 0.2) is 0 Å². The van der Waals surface area contributed by atoms with E-state index < -0.39 is 11.7 Å². The Morgan fingerprint density at radius 3 is 2.80 bits per heavy atom. The fourth-order valence-corrected chi connectivity index (χ4v) is 2.69. The van der Waals surface area contributed by atoms with Gasteiger partial charge in [-0.1, -0.05) is 0 Å². The van der Waals surface area contributed by atoms with E-state index in [0.717, 1.165) is 0 Å². The highest BCUT2D eigenvalue weighted by atomic mass is 19.1. The van der Waals surface area contributed by atoms with Crippen LogP contribution >= 0.6 is 0 Å². The number of aliphatic hydroxyl groups excluding tert-OH is 1. The molecule has 1 fully saturated rings. The molecule has 0 unspecified atom stereocenters. The van der Waals surface area contributed by atoms with E-state index in [1.54, 1.807) is 12.1 Å². The monoisotopic (exact) mass is 356 g/mol. The molecule has 1 saturated heterocycles. The average Bonchev–Trinajstić information content (AvgIpc) is 2.59. The zero-order valence-electron chi connectivity index (χ0n) is 14.3. The number of ether oxygens (including phenoxy) is 2. The molecular formula is C17H25FN2O5. The average molecular weight is 356 g/mol. The van der Waals surface area contributed by atoms with Crippen LogP contribution in [0.2, 0.25) is 0 Å². The van der Waals surface area contributed by atoms with Gasteiger partial charge in [-0.05, 0) is 30.7 Å². The molecule has 0 aromatic heterocycles. The first-order valence-corrected chi connectivity index (χ1v) is 8.20. The van der Waals surface area contributed by atoms with Crippen molar-refractivity contribution < 1.29 is 28.9 Å². The maximum atomic E-state index is 12.8. The molecule has 8 heteroatoms. The van der Waals surface area contributed by atoms with Gasteiger partial charge in [-0.2, -0.15) is 0 Å². The molecule has 1 aliphatic rings. The largest absolute Gasteiger partial charge is 0.492 e. The number of methoxy groups -OCH3 is 1. The Morgan fingerprint density at radius 2 is 2.16 bits per heavy atom. The van der Waals surface area contributed by atoms with Crippen LogP contribution in [0, 0.1) is 5.82 Å². The maximum absolute atomic E-state index is 12.8. The summed E-state index contributed by atoms with van der Waals surface area (Å²) in [7, 11) is 1.41. The standard InChI is InChI=1S/C17H25FN2O5/c1-24-11-16(22)19-12-17(23)6-7-20(10-15(17)21)8-9-25-14-4-2-13(18)3-5-14/h2-5,15,21,23H,6-12H2,1H3,(H,19,22)/t15-,17-/m1/s1. The van der Waals surface area contributed by atoms with Crippen LogP contribution in [0.15, 0.2) is 24.3 Å². The second-order valence-corrected chi connectivity index (χ2v) is 6.18. The van der Waals surface area contributed by atoms with E-state index >= 15 is 0 Å². The lowest BCUT2D eigenvalue weighted by Crippen LogP contribution is -2.60. The molecule has 1 aromatic carbocycles. The third-order valence-corrected chi connectivity index (χ3v) is 4.27. The Kier molecular flexibility index (Phi) is 7.12. The second-order valence-electron chi connectivity index (χ2n) is 6.18. The van der Waals surface area contributed by atoms with E-state index in [2.05, 4.69) is 5.32 Å². The number of hydrogen-bond acceptors (Lipinski definition) is 6. The van der Waals surface area contributed by atoms with Crippen molar-refractivity contribution in [2.75, 3.05) is 46.5 Å². The van der Waals surface area contributed by atoms with Crippen LogP contribution in [0.5, 0.6) is 5.75 Å². The summed E-state index contributed by atoms with van der Waals surface area (Å²) in [6.07, 6.45) is -0.646. The van der Waals surface area contributed by atoms with Crippen LogP contribution in [0.3, 0.4) is 0 Å². The number of piperidine rings is 1. The normalized spacial score (nSPS) is 24.1. The lowest BCUT2D eigenvalue weighted by atomic mass is 9.88. The molecule has 2 rings (SSSR count). The summed E-state index contributed by atoms with van der Waals surface area (Å²) in [5.74, 6) is -0.0713. The minimum Gasteiger partial charge on any atom is -0.492 e. The molecule has 1 heterocycles. The van der Waals surface area contributed by atoms with Gasteiger partial charge in [0.05, 0.1) is 6.10 Å². The quantitative estimate of drug-likeness (QED) is 0.596. The SMILES string of the molecule is COCC(=O)NC[C@]1(O)CCN(CCOc2ccc(F)cc2)C[C@H]1O. The van der Waals surface area contributed by atoms with Crippen molar-refractivity contribution in [3.63, 3.8) is 0 Å². The number of rotatable bonds is 8.